The van der Waals surface area contributed by atoms with Crippen LogP contribution in [0.5, 0.6) is 0 Å². The molecule has 112 valence electrons. The molecule has 6 heteroatoms. The second-order valence-corrected chi connectivity index (χ2v) is 7.37. The number of nitrogens with zero attached hydrogens (tertiary/aromatic N) is 2. The quantitative estimate of drug-likeness (QED) is 0.696. The lowest BCUT2D eigenvalue weighted by Gasteiger charge is -2.30. The highest BCUT2D eigenvalue weighted by Gasteiger charge is 2.23. The number of hydrogen-bond donors (Lipinski definition) is 0. The Hall–Kier alpha value is -0.580. The average molecular weight is 335 g/mol. The Bertz CT molecular complexity index is 480. The van der Waals surface area contributed by atoms with Crippen LogP contribution in [0.3, 0.4) is 0 Å². The first-order valence-corrected chi connectivity index (χ1v) is 8.02. The molecular weight excluding hydrogens is 315 g/mol. The molecule has 1 aromatic carbocycles. The van der Waals surface area contributed by atoms with Crippen LogP contribution in [0, 0.1) is 0 Å². The van der Waals surface area contributed by atoms with Crippen LogP contribution in [0.2, 0.25) is 10.0 Å². The SMILES string of the molecule is CC(C)SN(C(=O)N(C)C(C)C)c1ccc(Cl)c(Cl)c1. The van der Waals surface area contributed by atoms with E-state index in [0.717, 1.165) is 5.69 Å². The highest BCUT2D eigenvalue weighted by molar-refractivity contribution is 8.01. The van der Waals surface area contributed by atoms with Gasteiger partial charge < -0.3 is 4.90 Å². The van der Waals surface area contributed by atoms with Gasteiger partial charge in [-0.2, -0.15) is 0 Å². The molecule has 0 N–H and O–H groups in total. The topological polar surface area (TPSA) is 23.6 Å². The lowest BCUT2D eigenvalue weighted by atomic mass is 10.3. The van der Waals surface area contributed by atoms with Gasteiger partial charge in [0.05, 0.1) is 15.7 Å². The Balaban J connectivity index is 3.11. The molecule has 0 aliphatic carbocycles. The van der Waals surface area contributed by atoms with Gasteiger partial charge in [-0.3, -0.25) is 0 Å². The molecule has 0 saturated carbocycles. The smallest absolute Gasteiger partial charge is 0.324 e. The molecule has 0 atom stereocenters. The average Bonchev–Trinajstić information content (AvgIpc) is 2.37. The lowest BCUT2D eigenvalue weighted by Crippen LogP contribution is -2.41. The molecule has 0 spiro atoms. The van der Waals surface area contributed by atoms with Gasteiger partial charge in [-0.1, -0.05) is 37.0 Å². The van der Waals surface area contributed by atoms with Gasteiger partial charge in [-0.05, 0) is 44.0 Å². The summed E-state index contributed by atoms with van der Waals surface area (Å²) in [6, 6.07) is 5.27. The van der Waals surface area contributed by atoms with Gasteiger partial charge >= 0.3 is 6.03 Å². The molecule has 20 heavy (non-hydrogen) atoms. The maximum absolute atomic E-state index is 12.6. The van der Waals surface area contributed by atoms with Crippen molar-refractivity contribution in [3.8, 4) is 0 Å². The van der Waals surface area contributed by atoms with E-state index in [1.54, 1.807) is 34.5 Å². The summed E-state index contributed by atoms with van der Waals surface area (Å²) in [5.41, 5.74) is 0.732. The number of carbonyl (C=O) groups excluding carboxylic acids is 1. The molecule has 2 amide bonds. The van der Waals surface area contributed by atoms with Crippen LogP contribution in [0.15, 0.2) is 18.2 Å². The Morgan fingerprint density at radius 1 is 1.15 bits per heavy atom. The fourth-order valence-electron chi connectivity index (χ4n) is 1.40. The maximum Gasteiger partial charge on any atom is 0.334 e. The minimum absolute atomic E-state index is 0.0721. The highest BCUT2D eigenvalue weighted by atomic mass is 35.5. The highest BCUT2D eigenvalue weighted by Crippen LogP contribution is 2.32. The second kappa shape index (κ2) is 7.43. The van der Waals surface area contributed by atoms with Gasteiger partial charge in [0.25, 0.3) is 0 Å². The number of urea groups is 1. The van der Waals surface area contributed by atoms with Crippen molar-refractivity contribution in [2.45, 2.75) is 39.0 Å². The zero-order valence-electron chi connectivity index (χ0n) is 12.4. The number of hydrogen-bond acceptors (Lipinski definition) is 2. The third kappa shape index (κ3) is 4.47. The van der Waals surface area contributed by atoms with Gasteiger partial charge in [-0.25, -0.2) is 9.10 Å². The molecule has 0 aliphatic rings. The van der Waals surface area contributed by atoms with Gasteiger partial charge in [-0.15, -0.1) is 0 Å². The number of carbonyl (C=O) groups is 1. The van der Waals surface area contributed by atoms with E-state index in [9.17, 15) is 4.79 Å². The molecular formula is C14H20Cl2N2OS. The zero-order valence-corrected chi connectivity index (χ0v) is 14.7. The van der Waals surface area contributed by atoms with E-state index in [1.807, 2.05) is 27.7 Å². The predicted molar refractivity (Wildman–Crippen MR) is 90.0 cm³/mol. The Labute approximate surface area is 135 Å². The van der Waals surface area contributed by atoms with Gasteiger partial charge in [0.15, 0.2) is 0 Å². The van der Waals surface area contributed by atoms with Crippen molar-refractivity contribution in [2.75, 3.05) is 11.4 Å². The summed E-state index contributed by atoms with van der Waals surface area (Å²) >= 11 is 13.4. The summed E-state index contributed by atoms with van der Waals surface area (Å²) in [7, 11) is 1.79. The van der Waals surface area contributed by atoms with Crippen LogP contribution >= 0.6 is 35.1 Å². The Kier molecular flexibility index (Phi) is 6.49. The van der Waals surface area contributed by atoms with Gasteiger partial charge in [0.1, 0.15) is 0 Å². The fourth-order valence-corrected chi connectivity index (χ4v) is 2.57. The largest absolute Gasteiger partial charge is 0.334 e. The molecule has 1 aromatic rings. The standard InChI is InChI=1S/C14H20Cl2N2OS/c1-9(2)17(5)14(19)18(20-10(3)4)11-6-7-12(15)13(16)8-11/h6-10H,1-5H3. The van der Waals surface area contributed by atoms with E-state index in [4.69, 9.17) is 23.2 Å². The summed E-state index contributed by atoms with van der Waals surface area (Å²) < 4.78 is 1.66. The van der Waals surface area contributed by atoms with Crippen LogP contribution in [-0.2, 0) is 0 Å². The van der Waals surface area contributed by atoms with E-state index in [1.165, 1.54) is 11.9 Å². The number of benzene rings is 1. The summed E-state index contributed by atoms with van der Waals surface area (Å²) in [6.07, 6.45) is 0. The molecule has 0 radical (unpaired) electrons. The van der Waals surface area contributed by atoms with Crippen molar-refractivity contribution in [1.82, 2.24) is 4.90 Å². The number of rotatable bonds is 4. The van der Waals surface area contributed by atoms with E-state index in [-0.39, 0.29) is 17.3 Å². The van der Waals surface area contributed by atoms with Crippen LogP contribution in [0.1, 0.15) is 27.7 Å². The number of anilines is 1. The van der Waals surface area contributed by atoms with E-state index in [2.05, 4.69) is 0 Å². The van der Waals surface area contributed by atoms with Crippen LogP contribution in [0.25, 0.3) is 0 Å². The van der Waals surface area contributed by atoms with E-state index < -0.39 is 0 Å². The number of halogens is 2. The Morgan fingerprint density at radius 3 is 2.20 bits per heavy atom. The minimum Gasteiger partial charge on any atom is -0.324 e. The summed E-state index contributed by atoms with van der Waals surface area (Å²) in [5, 5.41) is 1.20. The molecule has 0 heterocycles. The lowest BCUT2D eigenvalue weighted by molar-refractivity contribution is 0.208. The molecule has 0 aromatic heterocycles. The second-order valence-electron chi connectivity index (χ2n) is 5.03. The summed E-state index contributed by atoms with van der Waals surface area (Å²) in [5.74, 6) is 0. The monoisotopic (exact) mass is 334 g/mol. The third-order valence-electron chi connectivity index (χ3n) is 2.70. The molecule has 0 fully saturated rings. The van der Waals surface area contributed by atoms with Crippen molar-refractivity contribution < 1.29 is 4.79 Å². The van der Waals surface area contributed by atoms with Crippen molar-refractivity contribution in [2.24, 2.45) is 0 Å². The van der Waals surface area contributed by atoms with Crippen LogP contribution in [-0.4, -0.2) is 29.3 Å². The first kappa shape index (κ1) is 17.5. The van der Waals surface area contributed by atoms with Crippen molar-refractivity contribution in [1.29, 1.82) is 0 Å². The van der Waals surface area contributed by atoms with Crippen molar-refractivity contribution in [3.05, 3.63) is 28.2 Å². The summed E-state index contributed by atoms with van der Waals surface area (Å²) in [4.78, 5) is 14.3. The third-order valence-corrected chi connectivity index (χ3v) is 4.44. The molecule has 0 bridgehead atoms. The normalized spacial score (nSPS) is 11.1. The number of amides is 2. The molecule has 0 unspecified atom stereocenters. The zero-order chi connectivity index (χ0) is 15.4. The molecule has 0 saturated heterocycles. The van der Waals surface area contributed by atoms with Crippen molar-refractivity contribution in [3.63, 3.8) is 0 Å². The molecule has 1 rings (SSSR count). The summed E-state index contributed by atoms with van der Waals surface area (Å²) in [6.45, 7) is 8.03. The van der Waals surface area contributed by atoms with Gasteiger partial charge in [0, 0.05) is 18.3 Å². The fraction of sp³-hybridized carbons (Fsp3) is 0.500. The minimum atomic E-state index is -0.0721. The molecule has 3 nitrogen and oxygen atoms in total. The molecule has 0 aliphatic heterocycles. The maximum atomic E-state index is 12.6. The van der Waals surface area contributed by atoms with Crippen molar-refractivity contribution >= 4 is 46.9 Å². The first-order valence-electron chi connectivity index (χ1n) is 6.42. The Morgan fingerprint density at radius 2 is 1.75 bits per heavy atom. The first-order chi connectivity index (χ1) is 9.23. The van der Waals surface area contributed by atoms with E-state index in [0.29, 0.717) is 10.0 Å². The predicted octanol–water partition coefficient (Wildman–Crippen LogP) is 5.32. The van der Waals surface area contributed by atoms with Crippen LogP contribution in [0.4, 0.5) is 10.5 Å². The van der Waals surface area contributed by atoms with Gasteiger partial charge in [0.2, 0.25) is 0 Å². The van der Waals surface area contributed by atoms with Crippen LogP contribution < -0.4 is 4.31 Å². The van der Waals surface area contributed by atoms with E-state index >= 15 is 0 Å².